The van der Waals surface area contributed by atoms with Gasteiger partial charge in [0.25, 0.3) is 0 Å². The van der Waals surface area contributed by atoms with Gasteiger partial charge >= 0.3 is 5.97 Å². The molecule has 15 heavy (non-hydrogen) atoms. The third kappa shape index (κ3) is 4.20. The van der Waals surface area contributed by atoms with E-state index in [1.54, 1.807) is 0 Å². The SMILES string of the molecule is CCCC(C)CN1CCC(C(=O)O)CC1. The molecule has 3 heteroatoms. The predicted octanol–water partition coefficient (Wildman–Crippen LogP) is 2.22. The average Bonchev–Trinajstić information content (AvgIpc) is 2.18. The van der Waals surface area contributed by atoms with Crippen LogP contribution >= 0.6 is 0 Å². The van der Waals surface area contributed by atoms with Gasteiger partial charge in [-0.05, 0) is 38.3 Å². The first-order valence-electron chi connectivity index (χ1n) is 6.08. The summed E-state index contributed by atoms with van der Waals surface area (Å²) in [5, 5.41) is 8.87. The van der Waals surface area contributed by atoms with E-state index in [9.17, 15) is 4.79 Å². The van der Waals surface area contributed by atoms with Gasteiger partial charge < -0.3 is 10.0 Å². The van der Waals surface area contributed by atoms with E-state index in [1.165, 1.54) is 12.8 Å². The number of carboxylic acid groups (broad SMARTS) is 1. The number of rotatable bonds is 5. The van der Waals surface area contributed by atoms with Gasteiger partial charge in [-0.2, -0.15) is 0 Å². The quantitative estimate of drug-likeness (QED) is 0.761. The molecule has 1 N–H and O–H groups in total. The molecule has 1 aliphatic rings. The van der Waals surface area contributed by atoms with Crippen molar-refractivity contribution in [3.63, 3.8) is 0 Å². The normalized spacial score (nSPS) is 21.5. The average molecular weight is 213 g/mol. The van der Waals surface area contributed by atoms with Crippen LogP contribution in [-0.2, 0) is 4.79 Å². The Morgan fingerprint density at radius 2 is 2.07 bits per heavy atom. The number of piperidine rings is 1. The lowest BCUT2D eigenvalue weighted by Crippen LogP contribution is -2.38. The summed E-state index contributed by atoms with van der Waals surface area (Å²) in [5.74, 6) is 0.0374. The highest BCUT2D eigenvalue weighted by Crippen LogP contribution is 2.19. The van der Waals surface area contributed by atoms with E-state index in [1.807, 2.05) is 0 Å². The lowest BCUT2D eigenvalue weighted by Gasteiger charge is -2.31. The van der Waals surface area contributed by atoms with Gasteiger partial charge in [-0.3, -0.25) is 4.79 Å². The Morgan fingerprint density at radius 1 is 1.47 bits per heavy atom. The maximum Gasteiger partial charge on any atom is 0.306 e. The molecule has 0 aliphatic carbocycles. The molecule has 1 atom stereocenters. The minimum Gasteiger partial charge on any atom is -0.481 e. The minimum absolute atomic E-state index is 0.0947. The molecule has 0 spiro atoms. The second-order valence-corrected chi connectivity index (χ2v) is 4.81. The molecule has 0 saturated carbocycles. The Kier molecular flexibility index (Phi) is 5.09. The summed E-state index contributed by atoms with van der Waals surface area (Å²) >= 11 is 0. The molecule has 0 amide bonds. The fourth-order valence-electron chi connectivity index (χ4n) is 2.39. The molecule has 0 radical (unpaired) electrons. The highest BCUT2D eigenvalue weighted by Gasteiger charge is 2.24. The molecule has 1 heterocycles. The van der Waals surface area contributed by atoms with Crippen LogP contribution in [0, 0.1) is 11.8 Å². The van der Waals surface area contributed by atoms with Crippen LogP contribution in [0.4, 0.5) is 0 Å². The second kappa shape index (κ2) is 6.11. The fourth-order valence-corrected chi connectivity index (χ4v) is 2.39. The number of hydrogen-bond donors (Lipinski definition) is 1. The Morgan fingerprint density at radius 3 is 2.53 bits per heavy atom. The van der Waals surface area contributed by atoms with Crippen LogP contribution < -0.4 is 0 Å². The van der Waals surface area contributed by atoms with Gasteiger partial charge in [0.15, 0.2) is 0 Å². The Hall–Kier alpha value is -0.570. The summed E-state index contributed by atoms with van der Waals surface area (Å²) in [6.45, 7) is 7.57. The Balaban J connectivity index is 2.22. The largest absolute Gasteiger partial charge is 0.481 e. The lowest BCUT2D eigenvalue weighted by atomic mass is 9.96. The molecule has 3 nitrogen and oxygen atoms in total. The van der Waals surface area contributed by atoms with E-state index in [0.29, 0.717) is 0 Å². The molecule has 1 fully saturated rings. The van der Waals surface area contributed by atoms with Crippen molar-refractivity contribution in [2.75, 3.05) is 19.6 Å². The van der Waals surface area contributed by atoms with Crippen LogP contribution in [0.2, 0.25) is 0 Å². The van der Waals surface area contributed by atoms with Crippen LogP contribution in [0.15, 0.2) is 0 Å². The number of nitrogens with zero attached hydrogens (tertiary/aromatic N) is 1. The van der Waals surface area contributed by atoms with Gasteiger partial charge in [0.1, 0.15) is 0 Å². The van der Waals surface area contributed by atoms with Crippen LogP contribution in [0.1, 0.15) is 39.5 Å². The first kappa shape index (κ1) is 12.5. The summed E-state index contributed by atoms with van der Waals surface area (Å²) < 4.78 is 0. The van der Waals surface area contributed by atoms with Gasteiger partial charge in [0, 0.05) is 6.54 Å². The summed E-state index contributed by atoms with van der Waals surface area (Å²) in [4.78, 5) is 13.2. The van der Waals surface area contributed by atoms with Crippen molar-refractivity contribution in [1.82, 2.24) is 4.90 Å². The van der Waals surface area contributed by atoms with Crippen molar-refractivity contribution < 1.29 is 9.90 Å². The van der Waals surface area contributed by atoms with Crippen LogP contribution in [0.25, 0.3) is 0 Å². The maximum absolute atomic E-state index is 10.8. The fraction of sp³-hybridized carbons (Fsp3) is 0.917. The van der Waals surface area contributed by atoms with Crippen molar-refractivity contribution in [2.24, 2.45) is 11.8 Å². The number of carboxylic acids is 1. The van der Waals surface area contributed by atoms with Gasteiger partial charge in [0.05, 0.1) is 5.92 Å². The third-order valence-corrected chi connectivity index (χ3v) is 3.29. The zero-order valence-electron chi connectivity index (χ0n) is 9.91. The molecule has 1 saturated heterocycles. The van der Waals surface area contributed by atoms with E-state index in [0.717, 1.165) is 38.4 Å². The molecule has 1 aliphatic heterocycles. The van der Waals surface area contributed by atoms with E-state index in [2.05, 4.69) is 18.7 Å². The van der Waals surface area contributed by atoms with Crippen LogP contribution in [0.3, 0.4) is 0 Å². The number of hydrogen-bond acceptors (Lipinski definition) is 2. The topological polar surface area (TPSA) is 40.5 Å². The summed E-state index contributed by atoms with van der Waals surface area (Å²) in [5.41, 5.74) is 0. The van der Waals surface area contributed by atoms with E-state index < -0.39 is 5.97 Å². The first-order valence-corrected chi connectivity index (χ1v) is 6.08. The summed E-state index contributed by atoms with van der Waals surface area (Å²) in [7, 11) is 0. The molecule has 0 aromatic rings. The number of aliphatic carboxylic acids is 1. The van der Waals surface area contributed by atoms with Crippen LogP contribution in [0.5, 0.6) is 0 Å². The van der Waals surface area contributed by atoms with Crippen molar-refractivity contribution in [3.05, 3.63) is 0 Å². The zero-order valence-corrected chi connectivity index (χ0v) is 9.91. The zero-order chi connectivity index (χ0) is 11.3. The minimum atomic E-state index is -0.615. The van der Waals surface area contributed by atoms with Crippen LogP contribution in [-0.4, -0.2) is 35.6 Å². The molecule has 0 bridgehead atoms. The van der Waals surface area contributed by atoms with Crippen molar-refractivity contribution in [3.8, 4) is 0 Å². The molecular formula is C12H23NO2. The van der Waals surface area contributed by atoms with Crippen molar-refractivity contribution in [2.45, 2.75) is 39.5 Å². The first-order chi connectivity index (χ1) is 7.13. The number of likely N-dealkylation sites (tertiary alicyclic amines) is 1. The molecule has 1 rings (SSSR count). The van der Waals surface area contributed by atoms with Crippen molar-refractivity contribution >= 4 is 5.97 Å². The highest BCUT2D eigenvalue weighted by atomic mass is 16.4. The summed E-state index contributed by atoms with van der Waals surface area (Å²) in [6, 6.07) is 0. The van der Waals surface area contributed by atoms with E-state index >= 15 is 0 Å². The number of carbonyl (C=O) groups is 1. The van der Waals surface area contributed by atoms with Gasteiger partial charge in [-0.25, -0.2) is 0 Å². The molecule has 88 valence electrons. The highest BCUT2D eigenvalue weighted by molar-refractivity contribution is 5.70. The predicted molar refractivity (Wildman–Crippen MR) is 60.9 cm³/mol. The van der Waals surface area contributed by atoms with Gasteiger partial charge in [0.2, 0.25) is 0 Å². The second-order valence-electron chi connectivity index (χ2n) is 4.81. The molecule has 0 aromatic heterocycles. The standard InChI is InChI=1S/C12H23NO2/c1-3-4-10(2)9-13-7-5-11(6-8-13)12(14)15/h10-11H,3-9H2,1-2H3,(H,14,15). The lowest BCUT2D eigenvalue weighted by molar-refractivity contribution is -0.143. The van der Waals surface area contributed by atoms with E-state index in [4.69, 9.17) is 5.11 Å². The maximum atomic E-state index is 10.8. The third-order valence-electron chi connectivity index (χ3n) is 3.29. The monoisotopic (exact) mass is 213 g/mol. The molecular weight excluding hydrogens is 190 g/mol. The Bertz CT molecular complexity index is 198. The van der Waals surface area contributed by atoms with E-state index in [-0.39, 0.29) is 5.92 Å². The Labute approximate surface area is 92.5 Å². The molecule has 1 unspecified atom stereocenters. The summed E-state index contributed by atoms with van der Waals surface area (Å²) in [6.07, 6.45) is 4.17. The molecule has 0 aromatic carbocycles. The van der Waals surface area contributed by atoms with Crippen molar-refractivity contribution in [1.29, 1.82) is 0 Å². The van der Waals surface area contributed by atoms with Gasteiger partial charge in [-0.1, -0.05) is 20.3 Å². The smallest absolute Gasteiger partial charge is 0.306 e. The van der Waals surface area contributed by atoms with Gasteiger partial charge in [-0.15, -0.1) is 0 Å².